The van der Waals surface area contributed by atoms with Gasteiger partial charge >= 0.3 is 0 Å². The molecule has 1 aromatic heterocycles. The van der Waals surface area contributed by atoms with Crippen LogP contribution in [-0.4, -0.2) is 14.8 Å². The molecule has 18 heavy (non-hydrogen) atoms. The smallest absolute Gasteiger partial charge is 0.146 e. The maximum Gasteiger partial charge on any atom is 0.146 e. The fourth-order valence-corrected chi connectivity index (χ4v) is 2.11. The van der Waals surface area contributed by atoms with Gasteiger partial charge in [-0.2, -0.15) is 0 Å². The van der Waals surface area contributed by atoms with E-state index in [-0.39, 0.29) is 5.82 Å². The lowest BCUT2D eigenvalue weighted by Gasteiger charge is -2.08. The molecule has 4 nitrogen and oxygen atoms in total. The van der Waals surface area contributed by atoms with E-state index in [0.29, 0.717) is 41.7 Å². The molecule has 2 rings (SSSR count). The van der Waals surface area contributed by atoms with E-state index in [1.54, 1.807) is 12.1 Å². The first-order valence-corrected chi connectivity index (χ1v) is 6.09. The third-order valence-electron chi connectivity index (χ3n) is 2.80. The molecule has 1 aromatic carbocycles. The second-order valence-corrected chi connectivity index (χ2v) is 4.27. The van der Waals surface area contributed by atoms with Gasteiger partial charge in [0.2, 0.25) is 0 Å². The summed E-state index contributed by atoms with van der Waals surface area (Å²) in [5.74, 6) is 1.03. The van der Waals surface area contributed by atoms with Crippen molar-refractivity contribution in [3.8, 4) is 0 Å². The van der Waals surface area contributed by atoms with Crippen LogP contribution in [0, 0.1) is 5.82 Å². The van der Waals surface area contributed by atoms with Gasteiger partial charge in [0, 0.05) is 23.6 Å². The summed E-state index contributed by atoms with van der Waals surface area (Å²) in [6.07, 6.45) is 0.312. The maximum atomic E-state index is 13.7. The minimum absolute atomic E-state index is 0.311. The quantitative estimate of drug-likeness (QED) is 0.924. The van der Waals surface area contributed by atoms with Crippen molar-refractivity contribution in [3.63, 3.8) is 0 Å². The highest BCUT2D eigenvalue weighted by atomic mass is 35.5. The average molecular weight is 269 g/mol. The molecule has 0 saturated carbocycles. The third-order valence-corrected chi connectivity index (χ3v) is 3.15. The first kappa shape index (κ1) is 13.0. The summed E-state index contributed by atoms with van der Waals surface area (Å²) in [5, 5.41) is 8.42. The topological polar surface area (TPSA) is 56.7 Å². The Morgan fingerprint density at radius 3 is 2.67 bits per heavy atom. The van der Waals surface area contributed by atoms with Crippen LogP contribution < -0.4 is 5.73 Å². The highest BCUT2D eigenvalue weighted by molar-refractivity contribution is 6.31. The second kappa shape index (κ2) is 5.46. The Morgan fingerprint density at radius 1 is 1.33 bits per heavy atom. The van der Waals surface area contributed by atoms with Crippen LogP contribution in [-0.2, 0) is 19.5 Å². The summed E-state index contributed by atoms with van der Waals surface area (Å²) in [7, 11) is 0. The van der Waals surface area contributed by atoms with Crippen molar-refractivity contribution in [2.45, 2.75) is 26.4 Å². The molecule has 0 aliphatic heterocycles. The molecule has 2 N–H and O–H groups in total. The Labute approximate surface area is 110 Å². The first-order valence-electron chi connectivity index (χ1n) is 5.71. The van der Waals surface area contributed by atoms with Crippen molar-refractivity contribution in [2.75, 3.05) is 0 Å². The van der Waals surface area contributed by atoms with E-state index in [0.717, 1.165) is 0 Å². The Bertz CT molecular complexity index is 533. The Balaban J connectivity index is 2.37. The monoisotopic (exact) mass is 268 g/mol. The van der Waals surface area contributed by atoms with Gasteiger partial charge in [-0.05, 0) is 19.1 Å². The number of rotatable bonds is 4. The molecular formula is C12H14ClFN4. The minimum Gasteiger partial charge on any atom is -0.324 e. The predicted molar refractivity (Wildman–Crippen MR) is 67.8 cm³/mol. The lowest BCUT2D eigenvalue weighted by Crippen LogP contribution is -2.10. The summed E-state index contributed by atoms with van der Waals surface area (Å²) in [6.45, 7) is 2.97. The van der Waals surface area contributed by atoms with E-state index >= 15 is 0 Å². The number of nitrogens with two attached hydrogens (primary N) is 1. The molecule has 0 aliphatic carbocycles. The molecular weight excluding hydrogens is 255 g/mol. The molecule has 0 saturated heterocycles. The molecule has 96 valence electrons. The average Bonchev–Trinajstić information content (AvgIpc) is 2.75. The largest absolute Gasteiger partial charge is 0.324 e. The molecule has 0 radical (unpaired) electrons. The molecule has 0 unspecified atom stereocenters. The molecule has 0 bridgehead atoms. The Hall–Kier alpha value is -1.46. The van der Waals surface area contributed by atoms with Gasteiger partial charge in [-0.3, -0.25) is 0 Å². The van der Waals surface area contributed by atoms with E-state index in [1.165, 1.54) is 6.07 Å². The summed E-state index contributed by atoms with van der Waals surface area (Å²) in [5.41, 5.74) is 6.00. The van der Waals surface area contributed by atoms with Crippen LogP contribution in [0.2, 0.25) is 5.02 Å². The van der Waals surface area contributed by atoms with Gasteiger partial charge in [0.1, 0.15) is 17.5 Å². The van der Waals surface area contributed by atoms with Gasteiger partial charge in [-0.1, -0.05) is 17.7 Å². The van der Waals surface area contributed by atoms with Crippen LogP contribution in [0.3, 0.4) is 0 Å². The maximum absolute atomic E-state index is 13.7. The number of nitrogens with zero attached hydrogens (tertiary/aromatic N) is 3. The van der Waals surface area contributed by atoms with Crippen LogP contribution in [0.5, 0.6) is 0 Å². The summed E-state index contributed by atoms with van der Waals surface area (Å²) in [6, 6.07) is 4.63. The number of hydrogen-bond donors (Lipinski definition) is 1. The van der Waals surface area contributed by atoms with Crippen molar-refractivity contribution >= 4 is 11.6 Å². The van der Waals surface area contributed by atoms with Gasteiger partial charge < -0.3 is 10.3 Å². The lowest BCUT2D eigenvalue weighted by atomic mass is 10.1. The van der Waals surface area contributed by atoms with Crippen molar-refractivity contribution in [3.05, 3.63) is 46.3 Å². The zero-order valence-corrected chi connectivity index (χ0v) is 10.8. The highest BCUT2D eigenvalue weighted by Gasteiger charge is 2.14. The van der Waals surface area contributed by atoms with Crippen LogP contribution >= 0.6 is 11.6 Å². The standard InChI is InChI=1S/C12H14ClFN4/c1-2-18-11(16-17-12(18)7-15)6-8-9(13)4-3-5-10(8)14/h3-5H,2,6-7,15H2,1H3. The fourth-order valence-electron chi connectivity index (χ4n) is 1.88. The lowest BCUT2D eigenvalue weighted by molar-refractivity contribution is 0.605. The third kappa shape index (κ3) is 2.37. The van der Waals surface area contributed by atoms with E-state index in [4.69, 9.17) is 17.3 Å². The van der Waals surface area contributed by atoms with E-state index < -0.39 is 0 Å². The number of halogens is 2. The fraction of sp³-hybridized carbons (Fsp3) is 0.333. The minimum atomic E-state index is -0.331. The zero-order chi connectivity index (χ0) is 13.1. The van der Waals surface area contributed by atoms with Gasteiger partial charge in [0.15, 0.2) is 0 Å². The van der Waals surface area contributed by atoms with E-state index in [2.05, 4.69) is 10.2 Å². The SMILES string of the molecule is CCn1c(CN)nnc1Cc1c(F)cccc1Cl. The van der Waals surface area contributed by atoms with Gasteiger partial charge in [-0.25, -0.2) is 4.39 Å². The van der Waals surface area contributed by atoms with Gasteiger partial charge in [0.05, 0.1) is 6.54 Å². The molecule has 2 aromatic rings. The second-order valence-electron chi connectivity index (χ2n) is 3.86. The number of benzene rings is 1. The zero-order valence-electron chi connectivity index (χ0n) is 10.0. The number of hydrogen-bond acceptors (Lipinski definition) is 3. The molecule has 0 amide bonds. The van der Waals surface area contributed by atoms with Crippen LogP contribution in [0.25, 0.3) is 0 Å². The Kier molecular flexibility index (Phi) is 3.93. The van der Waals surface area contributed by atoms with Crippen molar-refractivity contribution in [1.29, 1.82) is 0 Å². The molecule has 0 aliphatic rings. The van der Waals surface area contributed by atoms with Gasteiger partial charge in [-0.15, -0.1) is 10.2 Å². The summed E-state index contributed by atoms with van der Waals surface area (Å²) in [4.78, 5) is 0. The van der Waals surface area contributed by atoms with Crippen LogP contribution in [0.15, 0.2) is 18.2 Å². The molecule has 1 heterocycles. The Morgan fingerprint density at radius 2 is 2.06 bits per heavy atom. The molecule has 0 fully saturated rings. The summed E-state index contributed by atoms with van der Waals surface area (Å²) >= 11 is 5.99. The van der Waals surface area contributed by atoms with E-state index in [9.17, 15) is 4.39 Å². The van der Waals surface area contributed by atoms with Crippen molar-refractivity contribution in [2.24, 2.45) is 5.73 Å². The summed E-state index contributed by atoms with van der Waals surface area (Å²) < 4.78 is 15.6. The van der Waals surface area contributed by atoms with E-state index in [1.807, 2.05) is 11.5 Å². The molecule has 0 atom stereocenters. The number of aromatic nitrogens is 3. The first-order chi connectivity index (χ1) is 8.67. The van der Waals surface area contributed by atoms with Crippen LogP contribution in [0.4, 0.5) is 4.39 Å². The van der Waals surface area contributed by atoms with Crippen molar-refractivity contribution < 1.29 is 4.39 Å². The normalized spacial score (nSPS) is 10.9. The highest BCUT2D eigenvalue weighted by Crippen LogP contribution is 2.21. The van der Waals surface area contributed by atoms with Gasteiger partial charge in [0.25, 0.3) is 0 Å². The molecule has 0 spiro atoms. The van der Waals surface area contributed by atoms with Crippen LogP contribution in [0.1, 0.15) is 24.1 Å². The predicted octanol–water partition coefficient (Wildman–Crippen LogP) is 2.14. The van der Waals surface area contributed by atoms with Crippen molar-refractivity contribution in [1.82, 2.24) is 14.8 Å². The molecule has 6 heteroatoms.